The quantitative estimate of drug-likeness (QED) is 0.604. The molecule has 0 saturated carbocycles. The van der Waals surface area contributed by atoms with Gasteiger partial charge in [0, 0.05) is 10.8 Å². The first-order valence-electron chi connectivity index (χ1n) is 9.38. The third kappa shape index (κ3) is 2.54. The van der Waals surface area contributed by atoms with Gasteiger partial charge >= 0.3 is 0 Å². The van der Waals surface area contributed by atoms with Crippen molar-refractivity contribution in [1.29, 1.82) is 0 Å². The molecule has 0 aromatic heterocycles. The van der Waals surface area contributed by atoms with E-state index in [0.717, 1.165) is 16.3 Å². The molecule has 5 heteroatoms. The molecule has 0 unspecified atom stereocenters. The SMILES string of the molecule is CCOc1c2c(c(OCC)c3ccccc13)C(=O)N(c1ccccc1C)C2=O. The number of fused-ring (bicyclic) bond motifs is 2. The van der Waals surface area contributed by atoms with Gasteiger partial charge in [0.2, 0.25) is 0 Å². The molecule has 1 aliphatic rings. The van der Waals surface area contributed by atoms with E-state index in [1.165, 1.54) is 4.90 Å². The van der Waals surface area contributed by atoms with Gasteiger partial charge in [-0.2, -0.15) is 0 Å². The van der Waals surface area contributed by atoms with Gasteiger partial charge in [-0.3, -0.25) is 9.59 Å². The van der Waals surface area contributed by atoms with Crippen LogP contribution in [0.3, 0.4) is 0 Å². The molecule has 142 valence electrons. The Labute approximate surface area is 163 Å². The predicted octanol–water partition coefficient (Wildman–Crippen LogP) is 4.75. The van der Waals surface area contributed by atoms with E-state index in [1.54, 1.807) is 6.07 Å². The highest BCUT2D eigenvalue weighted by molar-refractivity contribution is 6.38. The molecule has 28 heavy (non-hydrogen) atoms. The van der Waals surface area contributed by atoms with Crippen LogP contribution in [0.2, 0.25) is 0 Å². The molecule has 0 atom stereocenters. The number of rotatable bonds is 5. The van der Waals surface area contributed by atoms with Gasteiger partial charge in [0.15, 0.2) is 0 Å². The van der Waals surface area contributed by atoms with Crippen LogP contribution in [0.15, 0.2) is 48.5 Å². The first kappa shape index (κ1) is 18.0. The molecule has 5 nitrogen and oxygen atoms in total. The summed E-state index contributed by atoms with van der Waals surface area (Å²) in [5.74, 6) is 0.103. The number of amides is 2. The predicted molar refractivity (Wildman–Crippen MR) is 109 cm³/mol. The highest BCUT2D eigenvalue weighted by atomic mass is 16.5. The lowest BCUT2D eigenvalue weighted by Gasteiger charge is -2.16. The van der Waals surface area contributed by atoms with Crippen molar-refractivity contribution in [3.05, 3.63) is 65.2 Å². The van der Waals surface area contributed by atoms with E-state index in [4.69, 9.17) is 9.47 Å². The number of hydrogen-bond donors (Lipinski definition) is 0. The number of ether oxygens (including phenoxy) is 2. The largest absolute Gasteiger partial charge is 0.492 e. The zero-order valence-corrected chi connectivity index (χ0v) is 16.1. The number of nitrogens with zero attached hydrogens (tertiary/aromatic N) is 1. The van der Waals surface area contributed by atoms with E-state index in [1.807, 2.05) is 63.2 Å². The topological polar surface area (TPSA) is 55.8 Å². The van der Waals surface area contributed by atoms with Crippen molar-refractivity contribution in [2.75, 3.05) is 18.1 Å². The van der Waals surface area contributed by atoms with Crippen LogP contribution in [-0.2, 0) is 0 Å². The molecule has 0 spiro atoms. The number of carbonyl (C=O) groups excluding carboxylic acids is 2. The van der Waals surface area contributed by atoms with Crippen LogP contribution in [0.4, 0.5) is 5.69 Å². The molecule has 2 amide bonds. The summed E-state index contributed by atoms with van der Waals surface area (Å²) in [5, 5.41) is 1.53. The fraction of sp³-hybridized carbons (Fsp3) is 0.217. The minimum Gasteiger partial charge on any atom is -0.492 e. The van der Waals surface area contributed by atoms with Gasteiger partial charge in [-0.25, -0.2) is 4.90 Å². The maximum atomic E-state index is 13.4. The minimum absolute atomic E-state index is 0.275. The van der Waals surface area contributed by atoms with Gasteiger partial charge in [0.1, 0.15) is 11.5 Å². The molecule has 0 radical (unpaired) electrons. The molecule has 4 rings (SSSR count). The molecule has 3 aromatic rings. The third-order valence-electron chi connectivity index (χ3n) is 4.89. The lowest BCUT2D eigenvalue weighted by Crippen LogP contribution is -2.30. The van der Waals surface area contributed by atoms with Gasteiger partial charge in [0.05, 0.1) is 30.0 Å². The van der Waals surface area contributed by atoms with Crippen LogP contribution in [-0.4, -0.2) is 25.0 Å². The molecule has 0 N–H and O–H groups in total. The molecule has 0 saturated heterocycles. The fourth-order valence-electron chi connectivity index (χ4n) is 3.72. The Morgan fingerprint density at radius 1 is 0.750 bits per heavy atom. The summed E-state index contributed by atoms with van der Waals surface area (Å²) in [4.78, 5) is 28.1. The second-order valence-corrected chi connectivity index (χ2v) is 6.55. The molecule has 0 aliphatic carbocycles. The van der Waals surface area contributed by atoms with E-state index in [2.05, 4.69) is 0 Å². The summed E-state index contributed by atoms with van der Waals surface area (Å²) in [5.41, 5.74) is 1.97. The number of para-hydroxylation sites is 1. The molecule has 1 heterocycles. The van der Waals surface area contributed by atoms with E-state index in [0.29, 0.717) is 30.4 Å². The number of aryl methyl sites for hydroxylation is 1. The first-order chi connectivity index (χ1) is 13.6. The maximum absolute atomic E-state index is 13.4. The van der Waals surface area contributed by atoms with Crippen molar-refractivity contribution in [3.8, 4) is 11.5 Å². The Balaban J connectivity index is 2.06. The van der Waals surface area contributed by atoms with Crippen LogP contribution in [0, 0.1) is 6.92 Å². The monoisotopic (exact) mass is 375 g/mol. The van der Waals surface area contributed by atoms with Gasteiger partial charge in [0.25, 0.3) is 11.8 Å². The Kier molecular flexibility index (Phi) is 4.51. The summed E-state index contributed by atoms with van der Waals surface area (Å²) >= 11 is 0. The number of benzene rings is 3. The second-order valence-electron chi connectivity index (χ2n) is 6.55. The highest BCUT2D eigenvalue weighted by Crippen LogP contribution is 2.46. The second kappa shape index (κ2) is 7.00. The van der Waals surface area contributed by atoms with E-state index < -0.39 is 0 Å². The summed E-state index contributed by atoms with van der Waals surface area (Å²) < 4.78 is 11.7. The van der Waals surface area contributed by atoms with Gasteiger partial charge in [-0.1, -0.05) is 42.5 Å². The highest BCUT2D eigenvalue weighted by Gasteiger charge is 2.43. The Morgan fingerprint density at radius 3 is 1.68 bits per heavy atom. The summed E-state index contributed by atoms with van der Waals surface area (Å²) in [6, 6.07) is 14.9. The Hall–Kier alpha value is -3.34. The Morgan fingerprint density at radius 2 is 1.21 bits per heavy atom. The summed E-state index contributed by atoms with van der Waals surface area (Å²) in [6.45, 7) is 6.37. The molecule has 1 aliphatic heterocycles. The van der Waals surface area contributed by atoms with E-state index >= 15 is 0 Å². The molecule has 3 aromatic carbocycles. The van der Waals surface area contributed by atoms with Crippen molar-refractivity contribution >= 4 is 28.3 Å². The molecule has 0 bridgehead atoms. The Bertz CT molecular complexity index is 1040. The van der Waals surface area contributed by atoms with E-state index in [9.17, 15) is 9.59 Å². The average Bonchev–Trinajstić information content (AvgIpc) is 2.95. The molecule has 0 fully saturated rings. The van der Waals surface area contributed by atoms with Crippen LogP contribution in [0.25, 0.3) is 10.8 Å². The number of anilines is 1. The van der Waals surface area contributed by atoms with Crippen molar-refractivity contribution in [2.45, 2.75) is 20.8 Å². The summed E-state index contributed by atoms with van der Waals surface area (Å²) in [6.07, 6.45) is 0. The van der Waals surface area contributed by atoms with E-state index in [-0.39, 0.29) is 22.9 Å². The lowest BCUT2D eigenvalue weighted by atomic mass is 9.99. The number of carbonyl (C=O) groups is 2. The normalized spacial score (nSPS) is 13.2. The van der Waals surface area contributed by atoms with Crippen LogP contribution < -0.4 is 14.4 Å². The number of imide groups is 1. The molecular weight excluding hydrogens is 354 g/mol. The van der Waals surface area contributed by atoms with Gasteiger partial charge in [-0.15, -0.1) is 0 Å². The fourth-order valence-corrected chi connectivity index (χ4v) is 3.72. The van der Waals surface area contributed by atoms with Crippen molar-refractivity contribution in [1.82, 2.24) is 0 Å². The zero-order valence-electron chi connectivity index (χ0n) is 16.1. The summed E-state index contributed by atoms with van der Waals surface area (Å²) in [7, 11) is 0. The van der Waals surface area contributed by atoms with Crippen LogP contribution in [0.5, 0.6) is 11.5 Å². The zero-order chi connectivity index (χ0) is 19.8. The van der Waals surface area contributed by atoms with Crippen LogP contribution in [0.1, 0.15) is 40.1 Å². The number of hydrogen-bond acceptors (Lipinski definition) is 4. The molecular formula is C23H21NO4. The van der Waals surface area contributed by atoms with Crippen molar-refractivity contribution in [2.24, 2.45) is 0 Å². The minimum atomic E-state index is -0.385. The van der Waals surface area contributed by atoms with Crippen molar-refractivity contribution < 1.29 is 19.1 Å². The lowest BCUT2D eigenvalue weighted by molar-refractivity contribution is 0.0924. The van der Waals surface area contributed by atoms with Crippen molar-refractivity contribution in [3.63, 3.8) is 0 Å². The van der Waals surface area contributed by atoms with Crippen LogP contribution >= 0.6 is 0 Å². The van der Waals surface area contributed by atoms with Gasteiger partial charge < -0.3 is 9.47 Å². The maximum Gasteiger partial charge on any atom is 0.270 e. The standard InChI is InChI=1S/C23H21NO4/c1-4-27-20-15-11-7-8-12-16(15)21(28-5-2)19-18(20)22(25)24(23(19)26)17-13-9-6-10-14(17)3/h6-13H,4-5H2,1-3H3. The third-order valence-corrected chi connectivity index (χ3v) is 4.89. The smallest absolute Gasteiger partial charge is 0.270 e. The first-order valence-corrected chi connectivity index (χ1v) is 9.38. The van der Waals surface area contributed by atoms with Gasteiger partial charge in [-0.05, 0) is 32.4 Å². The average molecular weight is 375 g/mol.